The maximum Gasteiger partial charge on any atom is 0.393 e. The van der Waals surface area contributed by atoms with Crippen molar-refractivity contribution in [3.63, 3.8) is 0 Å². The number of hydrogen-bond acceptors (Lipinski definition) is 2. The monoisotopic (exact) mass is 284 g/mol. The van der Waals surface area contributed by atoms with Crippen molar-refractivity contribution >= 4 is 0 Å². The van der Waals surface area contributed by atoms with Crippen molar-refractivity contribution < 1.29 is 17.9 Å². The number of imidazole rings is 1. The molecule has 0 atom stereocenters. The lowest BCUT2D eigenvalue weighted by Gasteiger charge is -2.09. The Hall–Kier alpha value is -1.98. The first-order valence-electron chi connectivity index (χ1n) is 6.29. The molecule has 2 aromatic rings. The molecule has 0 amide bonds. The summed E-state index contributed by atoms with van der Waals surface area (Å²) in [6.45, 7) is 0.447. The zero-order valence-corrected chi connectivity index (χ0v) is 10.8. The van der Waals surface area contributed by atoms with Gasteiger partial charge in [0.1, 0.15) is 5.75 Å². The molecule has 0 radical (unpaired) electrons. The highest BCUT2D eigenvalue weighted by Gasteiger charge is 2.27. The van der Waals surface area contributed by atoms with Crippen molar-refractivity contribution in [1.29, 1.82) is 0 Å². The van der Waals surface area contributed by atoms with Crippen LogP contribution in [0.4, 0.5) is 13.2 Å². The summed E-state index contributed by atoms with van der Waals surface area (Å²) in [6, 6.07) is 6.12. The van der Waals surface area contributed by atoms with Crippen LogP contribution in [0.2, 0.25) is 0 Å². The van der Waals surface area contributed by atoms with Crippen molar-refractivity contribution in [2.75, 3.05) is 6.61 Å². The molecule has 0 aliphatic heterocycles. The second-order valence-corrected chi connectivity index (χ2v) is 4.45. The van der Waals surface area contributed by atoms with Crippen LogP contribution < -0.4 is 4.74 Å². The van der Waals surface area contributed by atoms with Gasteiger partial charge < -0.3 is 9.72 Å². The highest BCUT2D eigenvalue weighted by Crippen LogP contribution is 2.23. The zero-order chi connectivity index (χ0) is 14.4. The van der Waals surface area contributed by atoms with Crippen LogP contribution >= 0.6 is 0 Å². The van der Waals surface area contributed by atoms with E-state index in [1.54, 1.807) is 18.5 Å². The van der Waals surface area contributed by atoms with Crippen LogP contribution in [0.3, 0.4) is 0 Å². The van der Waals surface area contributed by atoms with Crippen LogP contribution in [-0.4, -0.2) is 22.8 Å². The first-order chi connectivity index (χ1) is 9.53. The summed E-state index contributed by atoms with van der Waals surface area (Å²) in [5.74, 6) is 0.466. The summed E-state index contributed by atoms with van der Waals surface area (Å²) in [4.78, 5) is 6.94. The molecule has 6 heteroatoms. The van der Waals surface area contributed by atoms with Gasteiger partial charge in [0.2, 0.25) is 0 Å². The Kier molecular flexibility index (Phi) is 4.65. The lowest BCUT2D eigenvalue weighted by atomic mass is 10.1. The first-order valence-corrected chi connectivity index (χ1v) is 6.29. The predicted molar refractivity (Wildman–Crippen MR) is 68.6 cm³/mol. The minimum Gasteiger partial charge on any atom is -0.494 e. The van der Waals surface area contributed by atoms with Gasteiger partial charge in [0.25, 0.3) is 0 Å². The molecule has 0 aliphatic rings. The average Bonchev–Trinajstić information content (AvgIpc) is 2.86. The standard InChI is InChI=1S/C14H15F3N2O/c15-14(16,17)8-11-3-1-5-13(7-11)20-6-2-4-12-9-18-10-19-12/h1,3,5,7,9-10H,2,4,6,8H2,(H,18,19). The normalized spacial score (nSPS) is 11.6. The fourth-order valence-electron chi connectivity index (χ4n) is 1.85. The van der Waals surface area contributed by atoms with E-state index >= 15 is 0 Å². The number of aromatic nitrogens is 2. The maximum absolute atomic E-state index is 12.3. The van der Waals surface area contributed by atoms with Crippen LogP contribution in [0.25, 0.3) is 0 Å². The number of H-pyrrole nitrogens is 1. The number of nitrogens with zero attached hydrogens (tertiary/aromatic N) is 1. The van der Waals surface area contributed by atoms with E-state index in [9.17, 15) is 13.2 Å². The van der Waals surface area contributed by atoms with Crippen LogP contribution in [0.5, 0.6) is 5.75 Å². The third kappa shape index (κ3) is 4.95. The fraction of sp³-hybridized carbons (Fsp3) is 0.357. The summed E-state index contributed by atoms with van der Waals surface area (Å²) in [5.41, 5.74) is 1.15. The van der Waals surface area contributed by atoms with E-state index in [0.717, 1.165) is 18.5 Å². The lowest BCUT2D eigenvalue weighted by Crippen LogP contribution is -2.11. The predicted octanol–water partition coefficient (Wildman–Crippen LogP) is 3.53. The van der Waals surface area contributed by atoms with Gasteiger partial charge in [-0.15, -0.1) is 0 Å². The molecule has 1 heterocycles. The number of halogens is 3. The Morgan fingerprint density at radius 1 is 1.25 bits per heavy atom. The van der Waals surface area contributed by atoms with E-state index < -0.39 is 12.6 Å². The number of alkyl halides is 3. The Morgan fingerprint density at radius 3 is 2.80 bits per heavy atom. The third-order valence-electron chi connectivity index (χ3n) is 2.70. The van der Waals surface area contributed by atoms with Crippen molar-refractivity contribution in [2.24, 2.45) is 0 Å². The zero-order valence-electron chi connectivity index (χ0n) is 10.8. The second kappa shape index (κ2) is 6.45. The molecule has 0 fully saturated rings. The van der Waals surface area contributed by atoms with Gasteiger partial charge >= 0.3 is 6.18 Å². The average molecular weight is 284 g/mol. The molecule has 3 nitrogen and oxygen atoms in total. The smallest absolute Gasteiger partial charge is 0.393 e. The SMILES string of the molecule is FC(F)(F)Cc1cccc(OCCCc2c[nH]cn2)c1. The molecule has 1 aromatic carbocycles. The Morgan fingerprint density at radius 2 is 2.10 bits per heavy atom. The van der Waals surface area contributed by atoms with Crippen LogP contribution in [0.15, 0.2) is 36.8 Å². The minimum atomic E-state index is -4.20. The van der Waals surface area contributed by atoms with Crippen molar-refractivity contribution in [3.05, 3.63) is 48.0 Å². The van der Waals surface area contributed by atoms with Crippen LogP contribution in [0, 0.1) is 0 Å². The van der Waals surface area contributed by atoms with Gasteiger partial charge in [0, 0.05) is 6.20 Å². The van der Waals surface area contributed by atoms with E-state index in [4.69, 9.17) is 4.74 Å². The fourth-order valence-corrected chi connectivity index (χ4v) is 1.85. The van der Waals surface area contributed by atoms with Crippen molar-refractivity contribution in [2.45, 2.75) is 25.4 Å². The molecule has 0 saturated carbocycles. The topological polar surface area (TPSA) is 37.9 Å². The molecule has 1 aromatic heterocycles. The van der Waals surface area contributed by atoms with Gasteiger partial charge in [-0.3, -0.25) is 0 Å². The van der Waals surface area contributed by atoms with E-state index in [1.165, 1.54) is 12.1 Å². The molecule has 2 rings (SSSR count). The Bertz CT molecular complexity index is 523. The van der Waals surface area contributed by atoms with Crippen LogP contribution in [0.1, 0.15) is 17.7 Å². The molecule has 0 spiro atoms. The highest BCUT2D eigenvalue weighted by atomic mass is 19.4. The molecular formula is C14H15F3N2O. The molecule has 20 heavy (non-hydrogen) atoms. The molecule has 0 bridgehead atoms. The van der Waals surface area contributed by atoms with Crippen LogP contribution in [-0.2, 0) is 12.8 Å². The number of ether oxygens (including phenoxy) is 1. The number of aryl methyl sites for hydroxylation is 1. The number of nitrogens with one attached hydrogen (secondary N) is 1. The van der Waals surface area contributed by atoms with Gasteiger partial charge in [-0.2, -0.15) is 13.2 Å². The van der Waals surface area contributed by atoms with Gasteiger partial charge in [-0.1, -0.05) is 12.1 Å². The van der Waals surface area contributed by atoms with E-state index in [-0.39, 0.29) is 5.56 Å². The quantitative estimate of drug-likeness (QED) is 0.824. The highest BCUT2D eigenvalue weighted by molar-refractivity contribution is 5.29. The molecule has 0 saturated heterocycles. The van der Waals surface area contributed by atoms with E-state index in [0.29, 0.717) is 12.4 Å². The molecule has 108 valence electrons. The number of rotatable bonds is 6. The summed E-state index contributed by atoms with van der Waals surface area (Å²) in [5, 5.41) is 0. The third-order valence-corrected chi connectivity index (χ3v) is 2.70. The van der Waals surface area contributed by atoms with E-state index in [2.05, 4.69) is 9.97 Å². The summed E-state index contributed by atoms with van der Waals surface area (Å²) in [6.07, 6.45) is -0.184. The maximum atomic E-state index is 12.3. The molecule has 0 unspecified atom stereocenters. The van der Waals surface area contributed by atoms with Gasteiger partial charge in [0.15, 0.2) is 0 Å². The molecule has 1 N–H and O–H groups in total. The Balaban J connectivity index is 1.79. The first kappa shape index (κ1) is 14.4. The van der Waals surface area contributed by atoms with Crippen molar-refractivity contribution in [3.8, 4) is 5.75 Å². The number of benzene rings is 1. The molecular weight excluding hydrogens is 269 g/mol. The number of aromatic amines is 1. The lowest BCUT2D eigenvalue weighted by molar-refractivity contribution is -0.127. The minimum absolute atomic E-state index is 0.210. The van der Waals surface area contributed by atoms with Gasteiger partial charge in [-0.25, -0.2) is 4.98 Å². The largest absolute Gasteiger partial charge is 0.494 e. The van der Waals surface area contributed by atoms with Crippen molar-refractivity contribution in [1.82, 2.24) is 9.97 Å². The van der Waals surface area contributed by atoms with Gasteiger partial charge in [-0.05, 0) is 30.5 Å². The Labute approximate surface area is 114 Å². The number of hydrogen-bond donors (Lipinski definition) is 1. The summed E-state index contributed by atoms with van der Waals surface area (Å²) in [7, 11) is 0. The summed E-state index contributed by atoms with van der Waals surface area (Å²) >= 11 is 0. The van der Waals surface area contributed by atoms with E-state index in [1.807, 2.05) is 6.20 Å². The van der Waals surface area contributed by atoms with Gasteiger partial charge in [0.05, 0.1) is 25.0 Å². The molecule has 0 aliphatic carbocycles. The second-order valence-electron chi connectivity index (χ2n) is 4.45. The summed E-state index contributed by atoms with van der Waals surface area (Å²) < 4.78 is 42.3.